The van der Waals surface area contributed by atoms with Crippen LogP contribution in [-0.2, 0) is 6.42 Å². The van der Waals surface area contributed by atoms with Crippen molar-refractivity contribution in [3.63, 3.8) is 0 Å². The van der Waals surface area contributed by atoms with Crippen LogP contribution in [0.2, 0.25) is 0 Å². The van der Waals surface area contributed by atoms with Crippen LogP contribution < -0.4 is 0 Å². The molecule has 0 saturated carbocycles. The summed E-state index contributed by atoms with van der Waals surface area (Å²) in [7, 11) is 0. The van der Waals surface area contributed by atoms with Crippen molar-refractivity contribution in [1.29, 1.82) is 0 Å². The third-order valence-corrected chi connectivity index (χ3v) is 2.32. The number of hydrogen-bond donors (Lipinski definition) is 1. The van der Waals surface area contributed by atoms with Crippen LogP contribution in [0.25, 0.3) is 12.2 Å². The molecule has 0 unspecified atom stereocenters. The molecule has 1 N–H and O–H groups in total. The van der Waals surface area contributed by atoms with Crippen molar-refractivity contribution >= 4 is 12.2 Å². The summed E-state index contributed by atoms with van der Waals surface area (Å²) in [5.41, 5.74) is 3.82. The highest BCUT2D eigenvalue weighted by Crippen LogP contribution is 2.18. The molecule has 1 aromatic rings. The fourth-order valence-corrected chi connectivity index (χ4v) is 1.53. The monoisotopic (exact) mass is 201 g/mol. The van der Waals surface area contributed by atoms with Gasteiger partial charge >= 0.3 is 0 Å². The van der Waals surface area contributed by atoms with Crippen LogP contribution >= 0.6 is 0 Å². The molecule has 0 saturated heterocycles. The Balaban J connectivity index is 3.04. The Morgan fingerprint density at radius 2 is 2.13 bits per heavy atom. The van der Waals surface area contributed by atoms with E-state index in [2.05, 4.69) is 49.8 Å². The SMILES string of the molecule is C=C/C=C\c1c(C=CCC)c[nH]c1CC. The van der Waals surface area contributed by atoms with Gasteiger partial charge in [-0.3, -0.25) is 0 Å². The number of H-pyrrole nitrogens is 1. The maximum atomic E-state index is 3.69. The lowest BCUT2D eigenvalue weighted by molar-refractivity contribution is 1.06. The summed E-state index contributed by atoms with van der Waals surface area (Å²) in [4.78, 5) is 3.31. The Kier molecular flexibility index (Phi) is 4.69. The largest absolute Gasteiger partial charge is 0.364 e. The molecule has 0 atom stereocenters. The lowest BCUT2D eigenvalue weighted by atomic mass is 10.1. The smallest absolute Gasteiger partial charge is 0.0224 e. The van der Waals surface area contributed by atoms with Crippen molar-refractivity contribution in [1.82, 2.24) is 4.98 Å². The van der Waals surface area contributed by atoms with Gasteiger partial charge in [0.1, 0.15) is 0 Å². The molecule has 1 heteroatoms. The Labute approximate surface area is 92.2 Å². The van der Waals surface area contributed by atoms with Gasteiger partial charge in [0.15, 0.2) is 0 Å². The van der Waals surface area contributed by atoms with Crippen molar-refractivity contribution in [3.05, 3.63) is 47.8 Å². The van der Waals surface area contributed by atoms with E-state index in [1.807, 2.05) is 6.08 Å². The molecule has 0 radical (unpaired) electrons. The van der Waals surface area contributed by atoms with Crippen LogP contribution in [-0.4, -0.2) is 4.98 Å². The Morgan fingerprint density at radius 3 is 2.73 bits per heavy atom. The van der Waals surface area contributed by atoms with Crippen molar-refractivity contribution in [2.45, 2.75) is 26.7 Å². The van der Waals surface area contributed by atoms with Gasteiger partial charge in [0, 0.05) is 17.5 Å². The number of rotatable bonds is 5. The zero-order valence-corrected chi connectivity index (χ0v) is 9.59. The number of allylic oxidation sites excluding steroid dienone is 3. The normalized spacial score (nSPS) is 11.6. The van der Waals surface area contributed by atoms with Crippen molar-refractivity contribution < 1.29 is 0 Å². The van der Waals surface area contributed by atoms with Crippen molar-refractivity contribution in [2.75, 3.05) is 0 Å². The van der Waals surface area contributed by atoms with Crippen LogP contribution in [0.4, 0.5) is 0 Å². The maximum Gasteiger partial charge on any atom is 0.0224 e. The molecule has 80 valence electrons. The second kappa shape index (κ2) is 6.07. The van der Waals surface area contributed by atoms with Gasteiger partial charge in [0.2, 0.25) is 0 Å². The Morgan fingerprint density at radius 1 is 1.33 bits per heavy atom. The molecular formula is C14H19N. The summed E-state index contributed by atoms with van der Waals surface area (Å²) in [5, 5.41) is 0. The first-order chi connectivity index (χ1) is 7.33. The van der Waals surface area contributed by atoms with E-state index < -0.39 is 0 Å². The molecule has 1 aromatic heterocycles. The number of aromatic amines is 1. The topological polar surface area (TPSA) is 15.8 Å². The van der Waals surface area contributed by atoms with Crippen molar-refractivity contribution in [3.8, 4) is 0 Å². The molecule has 0 fully saturated rings. The van der Waals surface area contributed by atoms with Gasteiger partial charge in [0.05, 0.1) is 0 Å². The van der Waals surface area contributed by atoms with Crippen LogP contribution in [0, 0.1) is 0 Å². The number of hydrogen-bond acceptors (Lipinski definition) is 0. The molecule has 0 spiro atoms. The van der Waals surface area contributed by atoms with Gasteiger partial charge in [-0.1, -0.05) is 50.8 Å². The Hall–Kier alpha value is -1.50. The second-order valence-electron chi connectivity index (χ2n) is 3.40. The molecule has 0 aliphatic rings. The first kappa shape index (κ1) is 11.6. The first-order valence-electron chi connectivity index (χ1n) is 5.49. The summed E-state index contributed by atoms with van der Waals surface area (Å²) >= 11 is 0. The predicted octanol–water partition coefficient (Wildman–Crippen LogP) is 4.20. The highest BCUT2D eigenvalue weighted by molar-refractivity contribution is 5.67. The first-order valence-corrected chi connectivity index (χ1v) is 5.49. The summed E-state index contributed by atoms with van der Waals surface area (Å²) in [5.74, 6) is 0. The molecular weight excluding hydrogens is 182 g/mol. The van der Waals surface area contributed by atoms with Gasteiger partial charge in [-0.2, -0.15) is 0 Å². The maximum absolute atomic E-state index is 3.69. The number of nitrogens with one attached hydrogen (secondary N) is 1. The van der Waals surface area contributed by atoms with E-state index in [9.17, 15) is 0 Å². The summed E-state index contributed by atoms with van der Waals surface area (Å²) < 4.78 is 0. The van der Waals surface area contributed by atoms with Gasteiger partial charge in [-0.25, -0.2) is 0 Å². The molecule has 0 amide bonds. The van der Waals surface area contributed by atoms with E-state index in [0.29, 0.717) is 0 Å². The standard InChI is InChI=1S/C14H19N/c1-4-7-9-12-11-15-14(6-3)13(12)10-8-5-2/h5,7-11,15H,2,4,6H2,1,3H3/b9-7?,10-8-. The van der Waals surface area contributed by atoms with E-state index >= 15 is 0 Å². The number of aryl methyl sites for hydroxylation is 1. The van der Waals surface area contributed by atoms with Gasteiger partial charge in [-0.15, -0.1) is 0 Å². The van der Waals surface area contributed by atoms with Crippen LogP contribution in [0.1, 0.15) is 37.1 Å². The minimum absolute atomic E-state index is 1.02. The minimum atomic E-state index is 1.02. The Bertz CT molecular complexity index is 367. The van der Waals surface area contributed by atoms with Crippen LogP contribution in [0.15, 0.2) is 31.0 Å². The molecule has 1 heterocycles. The van der Waals surface area contributed by atoms with Gasteiger partial charge in [-0.05, 0) is 18.4 Å². The lowest BCUT2D eigenvalue weighted by Gasteiger charge is -1.96. The second-order valence-corrected chi connectivity index (χ2v) is 3.40. The van der Waals surface area contributed by atoms with Crippen LogP contribution in [0.3, 0.4) is 0 Å². The summed E-state index contributed by atoms with van der Waals surface area (Å²) in [6.07, 6.45) is 14.4. The number of aromatic nitrogens is 1. The summed E-state index contributed by atoms with van der Waals surface area (Å²) in [6.45, 7) is 7.99. The van der Waals surface area contributed by atoms with E-state index in [0.717, 1.165) is 12.8 Å². The highest BCUT2D eigenvalue weighted by Gasteiger charge is 2.03. The zero-order chi connectivity index (χ0) is 11.1. The van der Waals surface area contributed by atoms with Gasteiger partial charge < -0.3 is 4.98 Å². The highest BCUT2D eigenvalue weighted by atomic mass is 14.7. The van der Waals surface area contributed by atoms with E-state index in [-0.39, 0.29) is 0 Å². The average molecular weight is 201 g/mol. The minimum Gasteiger partial charge on any atom is -0.364 e. The quantitative estimate of drug-likeness (QED) is 0.687. The lowest BCUT2D eigenvalue weighted by Crippen LogP contribution is -1.83. The van der Waals surface area contributed by atoms with Crippen molar-refractivity contribution in [2.24, 2.45) is 0 Å². The molecule has 0 aliphatic carbocycles. The fourth-order valence-electron chi connectivity index (χ4n) is 1.53. The molecule has 0 aromatic carbocycles. The van der Waals surface area contributed by atoms with E-state index in [4.69, 9.17) is 0 Å². The average Bonchev–Trinajstić information content (AvgIpc) is 2.65. The van der Waals surface area contributed by atoms with E-state index in [1.165, 1.54) is 16.8 Å². The van der Waals surface area contributed by atoms with E-state index in [1.54, 1.807) is 6.08 Å². The molecule has 0 bridgehead atoms. The van der Waals surface area contributed by atoms with Crippen LogP contribution in [0.5, 0.6) is 0 Å². The summed E-state index contributed by atoms with van der Waals surface area (Å²) in [6, 6.07) is 0. The third kappa shape index (κ3) is 2.98. The zero-order valence-electron chi connectivity index (χ0n) is 9.59. The fraction of sp³-hybridized carbons (Fsp3) is 0.286. The molecule has 15 heavy (non-hydrogen) atoms. The molecule has 1 rings (SSSR count). The third-order valence-electron chi connectivity index (χ3n) is 2.32. The molecule has 0 aliphatic heterocycles. The van der Waals surface area contributed by atoms with Gasteiger partial charge in [0.25, 0.3) is 0 Å². The predicted molar refractivity (Wildman–Crippen MR) is 68.7 cm³/mol. The molecule has 1 nitrogen and oxygen atoms in total.